The van der Waals surface area contributed by atoms with Gasteiger partial charge in [0.05, 0.1) is 19.0 Å². The molecule has 1 aromatic carbocycles. The molecule has 224 valence electrons. The zero-order valence-corrected chi connectivity index (χ0v) is 22.8. The molecule has 5 N–H and O–H groups in total. The van der Waals surface area contributed by atoms with Gasteiger partial charge in [0.25, 0.3) is 12.0 Å². The van der Waals surface area contributed by atoms with Crippen molar-refractivity contribution in [2.24, 2.45) is 0 Å². The van der Waals surface area contributed by atoms with E-state index in [1.165, 1.54) is 31.2 Å². The third-order valence-corrected chi connectivity index (χ3v) is 7.60. The lowest BCUT2D eigenvalue weighted by molar-refractivity contribution is -0.182. The molecule has 18 heteroatoms. The summed E-state index contributed by atoms with van der Waals surface area (Å²) in [6.45, 7) is 3.02. The Morgan fingerprint density at radius 1 is 1.32 bits per heavy atom. The first-order chi connectivity index (χ1) is 19.3. The number of aliphatic hydroxyl groups is 1. The lowest BCUT2D eigenvalue weighted by Gasteiger charge is -2.31. The van der Waals surface area contributed by atoms with Crippen LogP contribution in [0.4, 0.5) is 19.1 Å². The molecule has 0 radical (unpaired) electrons. The average Bonchev–Trinajstić information content (AvgIpc) is 3.42. The summed E-state index contributed by atoms with van der Waals surface area (Å²) in [5.41, 5.74) is 1.05. The van der Waals surface area contributed by atoms with E-state index in [-0.39, 0.29) is 22.9 Å². The zero-order valence-electron chi connectivity index (χ0n) is 21.9. The molecule has 41 heavy (non-hydrogen) atoms. The monoisotopic (exact) mass is 604 g/mol. The van der Waals surface area contributed by atoms with Crippen molar-refractivity contribution in [2.45, 2.75) is 63.4 Å². The van der Waals surface area contributed by atoms with E-state index in [0.717, 1.165) is 10.9 Å². The Hall–Kier alpha value is -3.50. The predicted molar refractivity (Wildman–Crippen MR) is 137 cm³/mol. The number of fused-ring (bicyclic) bond motifs is 1. The number of carbonyl (C=O) groups is 1. The van der Waals surface area contributed by atoms with Gasteiger partial charge in [-0.25, -0.2) is 22.7 Å². The van der Waals surface area contributed by atoms with Crippen LogP contribution in [-0.4, -0.2) is 73.6 Å². The van der Waals surface area contributed by atoms with Gasteiger partial charge >= 0.3 is 13.7 Å². The number of alkyl halides is 3. The highest BCUT2D eigenvalue weighted by Gasteiger charge is 2.63. The summed E-state index contributed by atoms with van der Waals surface area (Å²) in [6.07, 6.45) is -10.2. The van der Waals surface area contributed by atoms with E-state index in [1.807, 2.05) is 0 Å². The summed E-state index contributed by atoms with van der Waals surface area (Å²) < 4.78 is 80.2. The Balaban J connectivity index is 1.64. The normalized spacial score (nSPS) is 25.0. The third-order valence-electron chi connectivity index (χ3n) is 5.98. The van der Waals surface area contributed by atoms with Gasteiger partial charge in [-0.1, -0.05) is 18.2 Å². The van der Waals surface area contributed by atoms with Crippen LogP contribution >= 0.6 is 7.75 Å². The topological polar surface area (TPSA) is 193 Å². The number of hydrogen-bond donors (Lipinski definition) is 4. The molecule has 1 aliphatic heterocycles. The van der Waals surface area contributed by atoms with Gasteiger partial charge in [-0.15, -0.1) is 0 Å². The number of nitrogens with one attached hydrogen (secondary N) is 2. The van der Waals surface area contributed by atoms with Gasteiger partial charge < -0.3 is 24.8 Å². The number of nitrogens with zero attached hydrogens (tertiary/aromatic N) is 3. The number of aromatic amines is 1. The molecule has 3 heterocycles. The van der Waals surface area contributed by atoms with Gasteiger partial charge in [0, 0.05) is 0 Å². The number of anilines is 1. The number of rotatable bonds is 11. The van der Waals surface area contributed by atoms with Gasteiger partial charge in [0.1, 0.15) is 17.9 Å². The number of carbonyl (C=O) groups excluding carboxylic acids is 1. The van der Waals surface area contributed by atoms with E-state index in [2.05, 4.69) is 20.0 Å². The van der Waals surface area contributed by atoms with E-state index in [0.29, 0.717) is 0 Å². The molecule has 2 aromatic heterocycles. The molecule has 0 spiro atoms. The molecule has 0 saturated carbocycles. The number of benzene rings is 1. The number of esters is 1. The van der Waals surface area contributed by atoms with Crippen molar-refractivity contribution in [3.8, 4) is 5.75 Å². The molecule has 6 unspecified atom stereocenters. The molecule has 4 rings (SSSR count). The van der Waals surface area contributed by atoms with E-state index < -0.39 is 68.6 Å². The molecular weight excluding hydrogens is 576 g/mol. The van der Waals surface area contributed by atoms with Crippen LogP contribution in [0.2, 0.25) is 0 Å². The second kappa shape index (κ2) is 11.8. The van der Waals surface area contributed by atoms with E-state index in [9.17, 15) is 28.0 Å². The van der Waals surface area contributed by atoms with Crippen LogP contribution < -0.4 is 20.9 Å². The number of halogens is 3. The lowest BCUT2D eigenvalue weighted by atomic mass is 9.98. The van der Waals surface area contributed by atoms with Crippen LogP contribution in [0.15, 0.2) is 41.5 Å². The van der Waals surface area contributed by atoms with Crippen molar-refractivity contribution in [3.63, 3.8) is 0 Å². The predicted octanol–water partition coefficient (Wildman–Crippen LogP) is 2.07. The molecule has 1 aliphatic rings. The van der Waals surface area contributed by atoms with Gasteiger partial charge in [-0.2, -0.15) is 10.1 Å². The van der Waals surface area contributed by atoms with Gasteiger partial charge in [0.15, 0.2) is 29.2 Å². The Kier molecular flexibility index (Phi) is 8.75. The first-order valence-electron chi connectivity index (χ1n) is 12.2. The minimum absolute atomic E-state index is 0.0281. The van der Waals surface area contributed by atoms with Crippen LogP contribution in [0.3, 0.4) is 0 Å². The Labute approximate surface area is 230 Å². The Morgan fingerprint density at radius 3 is 2.63 bits per heavy atom. The molecule has 1 fully saturated rings. The molecule has 6 atom stereocenters. The summed E-state index contributed by atoms with van der Waals surface area (Å²) in [5.74, 6) is -1.24. The van der Waals surface area contributed by atoms with Crippen molar-refractivity contribution < 1.29 is 46.2 Å². The standard InChI is InChI=1S/C23H28F3N6O8P/c1-11(2)38-20(35)12(3)31-41(36,40-13-7-5-4-6-8-13)37-9-23(21(25)26)16(24)15(33)19(39-23)32-10-28-14-17(32)29-22(27)30-18(14)34/h4-8,10-12,15-16,19,21,33H,9H2,1-3H3,(H,31,36)(H3,27,29,30,34). The zero-order chi connectivity index (χ0) is 30.1. The van der Waals surface area contributed by atoms with Gasteiger partial charge in [-0.3, -0.25) is 23.7 Å². The maximum atomic E-state index is 15.5. The maximum Gasteiger partial charge on any atom is 0.459 e. The van der Waals surface area contributed by atoms with Crippen molar-refractivity contribution in [1.29, 1.82) is 0 Å². The fourth-order valence-corrected chi connectivity index (χ4v) is 5.54. The van der Waals surface area contributed by atoms with Crippen molar-refractivity contribution in [2.75, 3.05) is 12.3 Å². The molecule has 0 amide bonds. The number of para-hydroxylation sites is 1. The molecule has 0 bridgehead atoms. The highest BCUT2D eigenvalue weighted by molar-refractivity contribution is 7.52. The summed E-state index contributed by atoms with van der Waals surface area (Å²) in [7, 11) is -4.71. The number of nitrogen functional groups attached to an aromatic ring is 1. The highest BCUT2D eigenvalue weighted by Crippen LogP contribution is 2.50. The molecule has 14 nitrogen and oxygen atoms in total. The average molecular weight is 604 g/mol. The lowest BCUT2D eigenvalue weighted by Crippen LogP contribution is -2.51. The molecular formula is C23H28F3N6O8P. The first kappa shape index (κ1) is 30.5. The fraction of sp³-hybridized carbons (Fsp3) is 0.478. The molecule has 1 saturated heterocycles. The van der Waals surface area contributed by atoms with Crippen LogP contribution in [0, 0.1) is 0 Å². The second-order valence-corrected chi connectivity index (χ2v) is 11.1. The van der Waals surface area contributed by atoms with Crippen LogP contribution in [0.25, 0.3) is 11.2 Å². The SMILES string of the molecule is CC(C)OC(=O)C(C)NP(=O)(OCC1(C(F)F)OC(n2cnc3c(=O)[nH]c(N)nc32)C(O)C1F)Oc1ccccc1. The summed E-state index contributed by atoms with van der Waals surface area (Å²) in [6, 6.07) is 6.12. The van der Waals surface area contributed by atoms with Crippen LogP contribution in [-0.2, 0) is 23.4 Å². The van der Waals surface area contributed by atoms with E-state index in [1.54, 1.807) is 19.9 Å². The largest absolute Gasteiger partial charge is 0.462 e. The number of hydrogen-bond acceptors (Lipinski definition) is 11. The Morgan fingerprint density at radius 2 is 2.00 bits per heavy atom. The highest BCUT2D eigenvalue weighted by atomic mass is 31.2. The second-order valence-electron chi connectivity index (χ2n) is 9.44. The Bertz CT molecular complexity index is 1490. The van der Waals surface area contributed by atoms with Gasteiger partial charge in [-0.05, 0) is 32.9 Å². The number of H-pyrrole nitrogens is 1. The quantitative estimate of drug-likeness (QED) is 0.184. The summed E-state index contributed by atoms with van der Waals surface area (Å²) in [4.78, 5) is 34.3. The van der Waals surface area contributed by atoms with E-state index >= 15 is 4.39 Å². The number of nitrogens with two attached hydrogens (primary N) is 1. The van der Waals surface area contributed by atoms with Crippen LogP contribution in [0.5, 0.6) is 5.75 Å². The molecule has 0 aliphatic carbocycles. The van der Waals surface area contributed by atoms with Crippen molar-refractivity contribution in [1.82, 2.24) is 24.6 Å². The number of aromatic nitrogens is 4. The van der Waals surface area contributed by atoms with Gasteiger partial charge in [0.2, 0.25) is 5.95 Å². The van der Waals surface area contributed by atoms with Crippen molar-refractivity contribution >= 4 is 30.8 Å². The minimum atomic E-state index is -4.71. The molecule has 3 aromatic rings. The van der Waals surface area contributed by atoms with E-state index in [4.69, 9.17) is 24.3 Å². The minimum Gasteiger partial charge on any atom is -0.462 e. The summed E-state index contributed by atoms with van der Waals surface area (Å²) in [5, 5.41) is 12.9. The third kappa shape index (κ3) is 6.23. The van der Waals surface area contributed by atoms with Crippen LogP contribution in [0.1, 0.15) is 27.0 Å². The number of ether oxygens (including phenoxy) is 2. The fourth-order valence-electron chi connectivity index (χ4n) is 4.01. The first-order valence-corrected chi connectivity index (χ1v) is 13.8. The smallest absolute Gasteiger partial charge is 0.459 e. The van der Waals surface area contributed by atoms with Crippen molar-refractivity contribution in [3.05, 3.63) is 47.0 Å². The number of imidazole rings is 1. The number of aliphatic hydroxyl groups excluding tert-OH is 1. The summed E-state index contributed by atoms with van der Waals surface area (Å²) >= 11 is 0. The maximum absolute atomic E-state index is 15.5.